The van der Waals surface area contributed by atoms with E-state index in [0.29, 0.717) is 19.5 Å². The van der Waals surface area contributed by atoms with Gasteiger partial charge in [-0.2, -0.15) is 0 Å². The van der Waals surface area contributed by atoms with Crippen molar-refractivity contribution in [1.82, 2.24) is 9.80 Å². The van der Waals surface area contributed by atoms with E-state index in [0.717, 1.165) is 23.3 Å². The number of fused-ring (bicyclic) bond motifs is 4. The zero-order valence-corrected chi connectivity index (χ0v) is 16.0. The van der Waals surface area contributed by atoms with Crippen LogP contribution < -0.4 is 4.74 Å². The zero-order valence-electron chi connectivity index (χ0n) is 16.0. The molecule has 2 atom stereocenters. The lowest BCUT2D eigenvalue weighted by molar-refractivity contribution is -0.161. The van der Waals surface area contributed by atoms with E-state index in [-0.39, 0.29) is 11.8 Å². The minimum absolute atomic E-state index is 0.00193. The molecule has 0 saturated carbocycles. The molecule has 2 bridgehead atoms. The lowest BCUT2D eigenvalue weighted by atomic mass is 9.95. The van der Waals surface area contributed by atoms with Crippen molar-refractivity contribution in [3.8, 4) is 5.75 Å². The number of carbonyl (C=O) groups is 2. The van der Waals surface area contributed by atoms with E-state index in [1.54, 1.807) is 16.9 Å². The van der Waals surface area contributed by atoms with E-state index in [4.69, 9.17) is 4.74 Å². The molecule has 3 aliphatic rings. The van der Waals surface area contributed by atoms with Crippen LogP contribution in [0.4, 0.5) is 0 Å². The Bertz CT molecular complexity index is 876. The number of methoxy groups -OCH3 is 1. The average molecular weight is 376 g/mol. The highest BCUT2D eigenvalue weighted by molar-refractivity contribution is 5.98. The van der Waals surface area contributed by atoms with Gasteiger partial charge in [0, 0.05) is 13.1 Å². The molecule has 5 nitrogen and oxygen atoms in total. The minimum atomic E-state index is -0.546. The number of hydrogen-bond acceptors (Lipinski definition) is 3. The van der Waals surface area contributed by atoms with Crippen molar-refractivity contribution in [2.45, 2.75) is 38.0 Å². The van der Waals surface area contributed by atoms with E-state index in [2.05, 4.69) is 0 Å². The molecule has 0 unspecified atom stereocenters. The summed E-state index contributed by atoms with van der Waals surface area (Å²) in [6.45, 7) is 0.885. The fraction of sp³-hybridized carbons (Fsp3) is 0.304. The van der Waals surface area contributed by atoms with Crippen molar-refractivity contribution in [1.29, 1.82) is 0 Å². The summed E-state index contributed by atoms with van der Waals surface area (Å²) in [6, 6.07) is 16.5. The molecule has 3 heterocycles. The van der Waals surface area contributed by atoms with Crippen molar-refractivity contribution >= 4 is 11.8 Å². The van der Waals surface area contributed by atoms with E-state index < -0.39 is 12.1 Å². The summed E-state index contributed by atoms with van der Waals surface area (Å²) in [5.41, 5.74) is 2.02. The number of amides is 2. The standard InChI is InChI=1S/C23H24N2O3/c1-28-19-13-11-18(12-14-19)16-25-21-10-6-5-9-20(23(25)27)24(22(21)26)15-17-7-3-2-4-8-17/h2-4,6-8,10-14,20-21H,5,9,15-16H2,1H3/b10-6-/t20-,21-/m0/s1. The Hall–Kier alpha value is -3.08. The van der Waals surface area contributed by atoms with Crippen LogP contribution in [0.5, 0.6) is 5.75 Å². The molecule has 0 N–H and O–H groups in total. The van der Waals surface area contributed by atoms with Gasteiger partial charge in [-0.25, -0.2) is 0 Å². The molecule has 1 saturated heterocycles. The highest BCUT2D eigenvalue weighted by Crippen LogP contribution is 2.28. The lowest BCUT2D eigenvalue weighted by Gasteiger charge is -2.45. The monoisotopic (exact) mass is 376 g/mol. The van der Waals surface area contributed by atoms with Crippen LogP contribution in [0.3, 0.4) is 0 Å². The third-order valence-corrected chi connectivity index (χ3v) is 5.45. The van der Waals surface area contributed by atoms with Gasteiger partial charge in [-0.1, -0.05) is 54.6 Å². The third kappa shape index (κ3) is 3.52. The summed E-state index contributed by atoms with van der Waals surface area (Å²) in [6.07, 6.45) is 5.38. The second kappa shape index (κ2) is 7.89. The quantitative estimate of drug-likeness (QED) is 0.754. The van der Waals surface area contributed by atoms with Crippen LogP contribution in [0.1, 0.15) is 24.0 Å². The van der Waals surface area contributed by atoms with Crippen LogP contribution >= 0.6 is 0 Å². The molecule has 5 rings (SSSR count). The van der Waals surface area contributed by atoms with Gasteiger partial charge in [-0.05, 0) is 36.1 Å². The summed E-state index contributed by atoms with van der Waals surface area (Å²) < 4.78 is 5.20. The Labute approximate surface area is 165 Å². The Kier molecular flexibility index (Phi) is 5.15. The molecule has 144 valence electrons. The molecular weight excluding hydrogens is 352 g/mol. The molecule has 2 aromatic carbocycles. The number of ether oxygens (including phenoxy) is 1. The molecule has 2 amide bonds. The zero-order chi connectivity index (χ0) is 19.5. The third-order valence-electron chi connectivity index (χ3n) is 5.45. The van der Waals surface area contributed by atoms with Crippen LogP contribution in [-0.2, 0) is 22.7 Å². The van der Waals surface area contributed by atoms with Crippen LogP contribution in [-0.4, -0.2) is 40.8 Å². The van der Waals surface area contributed by atoms with Crippen molar-refractivity contribution in [3.63, 3.8) is 0 Å². The van der Waals surface area contributed by atoms with E-state index in [1.807, 2.05) is 66.7 Å². The first-order chi connectivity index (χ1) is 13.7. The normalized spacial score (nSPS) is 22.8. The summed E-state index contributed by atoms with van der Waals surface area (Å²) in [4.78, 5) is 30.1. The second-order valence-corrected chi connectivity index (χ2v) is 7.23. The maximum atomic E-state index is 13.3. The second-order valence-electron chi connectivity index (χ2n) is 7.23. The highest BCUT2D eigenvalue weighted by atomic mass is 16.5. The van der Waals surface area contributed by atoms with Gasteiger partial charge in [0.25, 0.3) is 0 Å². The van der Waals surface area contributed by atoms with E-state index in [1.165, 1.54) is 0 Å². The number of hydrogen-bond donors (Lipinski definition) is 0. The maximum absolute atomic E-state index is 13.3. The Morgan fingerprint density at radius 3 is 2.29 bits per heavy atom. The molecule has 28 heavy (non-hydrogen) atoms. The molecule has 1 fully saturated rings. The number of piperazine rings is 1. The van der Waals surface area contributed by atoms with Gasteiger partial charge in [-0.3, -0.25) is 9.59 Å². The first kappa shape index (κ1) is 18.3. The summed E-state index contributed by atoms with van der Waals surface area (Å²) in [7, 11) is 1.63. The molecule has 3 aliphatic heterocycles. The van der Waals surface area contributed by atoms with Gasteiger partial charge in [0.15, 0.2) is 0 Å². The van der Waals surface area contributed by atoms with Gasteiger partial charge in [-0.15, -0.1) is 0 Å². The van der Waals surface area contributed by atoms with Gasteiger partial charge >= 0.3 is 0 Å². The molecule has 0 spiro atoms. The number of carbonyl (C=O) groups excluding carboxylic acids is 2. The smallest absolute Gasteiger partial charge is 0.250 e. The molecular formula is C23H24N2O3. The van der Waals surface area contributed by atoms with Crippen molar-refractivity contribution in [2.24, 2.45) is 0 Å². The summed E-state index contributed by atoms with van der Waals surface area (Å²) in [5.74, 6) is 0.799. The number of benzene rings is 2. The SMILES string of the molecule is COc1ccc(CN2C(=O)[C@@H]3CC/C=C\[C@H]2C(=O)N3Cc2ccccc2)cc1. The van der Waals surface area contributed by atoms with Crippen LogP contribution in [0.2, 0.25) is 0 Å². The lowest BCUT2D eigenvalue weighted by Crippen LogP contribution is -2.63. The maximum Gasteiger partial charge on any atom is 0.250 e. The number of rotatable bonds is 5. The predicted molar refractivity (Wildman–Crippen MR) is 106 cm³/mol. The van der Waals surface area contributed by atoms with Crippen molar-refractivity contribution < 1.29 is 14.3 Å². The molecule has 0 aromatic heterocycles. The summed E-state index contributed by atoms with van der Waals surface area (Å²) in [5, 5.41) is 0. The highest BCUT2D eigenvalue weighted by Gasteiger charge is 2.45. The molecule has 0 radical (unpaired) electrons. The Balaban J connectivity index is 1.60. The summed E-state index contributed by atoms with van der Waals surface area (Å²) >= 11 is 0. The number of allylic oxidation sites excluding steroid dienone is 1. The van der Waals surface area contributed by atoms with E-state index >= 15 is 0 Å². The minimum Gasteiger partial charge on any atom is -0.497 e. The van der Waals surface area contributed by atoms with Crippen LogP contribution in [0, 0.1) is 0 Å². The van der Waals surface area contributed by atoms with Crippen molar-refractivity contribution in [3.05, 3.63) is 77.9 Å². The van der Waals surface area contributed by atoms with Gasteiger partial charge < -0.3 is 14.5 Å². The van der Waals surface area contributed by atoms with Crippen molar-refractivity contribution in [2.75, 3.05) is 7.11 Å². The average Bonchev–Trinajstić information content (AvgIpc) is 2.72. The fourth-order valence-corrected chi connectivity index (χ4v) is 3.94. The first-order valence-electron chi connectivity index (χ1n) is 9.62. The predicted octanol–water partition coefficient (Wildman–Crippen LogP) is 3.15. The Morgan fingerprint density at radius 2 is 1.57 bits per heavy atom. The topological polar surface area (TPSA) is 49.9 Å². The van der Waals surface area contributed by atoms with E-state index in [9.17, 15) is 9.59 Å². The van der Waals surface area contributed by atoms with Gasteiger partial charge in [0.2, 0.25) is 11.8 Å². The molecule has 0 aliphatic carbocycles. The fourth-order valence-electron chi connectivity index (χ4n) is 3.94. The first-order valence-corrected chi connectivity index (χ1v) is 9.62. The van der Waals surface area contributed by atoms with Crippen LogP contribution in [0.15, 0.2) is 66.7 Å². The molecule has 2 aromatic rings. The van der Waals surface area contributed by atoms with Crippen LogP contribution in [0.25, 0.3) is 0 Å². The van der Waals surface area contributed by atoms with Gasteiger partial charge in [0.1, 0.15) is 17.8 Å². The molecule has 5 heteroatoms. The largest absolute Gasteiger partial charge is 0.497 e. The Morgan fingerprint density at radius 1 is 0.893 bits per heavy atom. The van der Waals surface area contributed by atoms with Gasteiger partial charge in [0.05, 0.1) is 7.11 Å². The number of nitrogens with zero attached hydrogens (tertiary/aromatic N) is 2.